The Morgan fingerprint density at radius 1 is 1.35 bits per heavy atom. The first-order valence-corrected chi connectivity index (χ1v) is 8.82. The summed E-state index contributed by atoms with van der Waals surface area (Å²) in [4.78, 5) is 25.8. The molecule has 0 atom stereocenters. The van der Waals surface area contributed by atoms with Gasteiger partial charge in [-0.25, -0.2) is 9.55 Å². The number of benzene rings is 1. The van der Waals surface area contributed by atoms with Crippen LogP contribution in [0.2, 0.25) is 5.15 Å². The molecule has 0 radical (unpaired) electrons. The monoisotopic (exact) mass is 393 g/mol. The van der Waals surface area contributed by atoms with Crippen LogP contribution in [0.15, 0.2) is 22.7 Å². The van der Waals surface area contributed by atoms with Gasteiger partial charge in [0.1, 0.15) is 0 Å². The first-order valence-electron chi connectivity index (χ1n) is 5.22. The number of hydrogen-bond donors (Lipinski definition) is 3. The van der Waals surface area contributed by atoms with Crippen molar-refractivity contribution in [3.05, 3.63) is 27.8 Å². The van der Waals surface area contributed by atoms with Gasteiger partial charge in [-0.15, -0.1) is 11.3 Å². The van der Waals surface area contributed by atoms with Gasteiger partial charge in [0, 0.05) is 14.6 Å². The Labute approximate surface area is 130 Å². The first kappa shape index (κ1) is 14.2. The molecule has 3 rings (SSSR count). The zero-order valence-electron chi connectivity index (χ0n) is 9.54. The Morgan fingerprint density at radius 2 is 2.10 bits per heavy atom. The highest BCUT2D eigenvalue weighted by atomic mass is 79.9. The minimum Gasteiger partial charge on any atom is -0.308 e. The molecule has 3 N–H and O–H groups in total. The number of hydrogen-bond acceptors (Lipinski definition) is 4. The molecular weight excluding hydrogens is 389 g/mol. The van der Waals surface area contributed by atoms with Crippen molar-refractivity contribution in [2.45, 2.75) is 0 Å². The zero-order chi connectivity index (χ0) is 14.5. The molecule has 0 amide bonds. The third-order valence-corrected chi connectivity index (χ3v) is 5.00. The van der Waals surface area contributed by atoms with Crippen molar-refractivity contribution in [3.8, 4) is 0 Å². The molecule has 0 saturated heterocycles. The van der Waals surface area contributed by atoms with E-state index in [0.717, 1.165) is 14.6 Å². The van der Waals surface area contributed by atoms with Gasteiger partial charge in [-0.3, -0.25) is 5.09 Å². The van der Waals surface area contributed by atoms with Crippen LogP contribution in [0, 0.1) is 0 Å². The van der Waals surface area contributed by atoms with Gasteiger partial charge in [0.25, 0.3) is 0 Å². The minimum absolute atomic E-state index is 0.156. The molecule has 104 valence electrons. The van der Waals surface area contributed by atoms with Crippen LogP contribution >= 0.6 is 46.6 Å². The number of nitrogens with one attached hydrogen (secondary N) is 1. The lowest BCUT2D eigenvalue weighted by Crippen LogP contribution is -2.00. The molecule has 0 aliphatic carbocycles. The molecule has 10 heteroatoms. The molecule has 0 aliphatic rings. The van der Waals surface area contributed by atoms with Crippen molar-refractivity contribution in [2.24, 2.45) is 0 Å². The summed E-state index contributed by atoms with van der Waals surface area (Å²) in [5.41, 5.74) is 0.563. The van der Waals surface area contributed by atoms with Crippen molar-refractivity contribution < 1.29 is 14.4 Å². The van der Waals surface area contributed by atoms with Gasteiger partial charge in [0.15, 0.2) is 5.15 Å². The molecule has 0 saturated carbocycles. The number of nitrogens with zero attached hydrogens (tertiary/aromatic N) is 2. The second-order valence-electron chi connectivity index (χ2n) is 3.91. The standard InChI is InChI=1S/C10H6BrClN3O3PS/c11-4-1-2-5-6(3-4)20-8-7(5)13-10(14-9(8)12)15-19(16,17)18/h1-3H,(H3,13,14,15,16,17,18). The minimum atomic E-state index is -4.47. The fourth-order valence-electron chi connectivity index (χ4n) is 1.76. The summed E-state index contributed by atoms with van der Waals surface area (Å²) in [6, 6.07) is 5.65. The molecule has 6 nitrogen and oxygen atoms in total. The normalized spacial score (nSPS) is 12.2. The van der Waals surface area contributed by atoms with Crippen molar-refractivity contribution >= 4 is 72.9 Å². The van der Waals surface area contributed by atoms with Crippen LogP contribution < -0.4 is 5.09 Å². The van der Waals surface area contributed by atoms with Crippen LogP contribution in [0.1, 0.15) is 0 Å². The predicted molar refractivity (Wildman–Crippen MR) is 83.3 cm³/mol. The smallest absolute Gasteiger partial charge is 0.308 e. The lowest BCUT2D eigenvalue weighted by molar-refractivity contribution is 0.380. The molecule has 20 heavy (non-hydrogen) atoms. The fourth-order valence-corrected chi connectivity index (χ4v) is 3.98. The Kier molecular flexibility index (Phi) is 3.48. The Bertz CT molecular complexity index is 881. The van der Waals surface area contributed by atoms with Gasteiger partial charge in [-0.05, 0) is 12.1 Å². The lowest BCUT2D eigenvalue weighted by Gasteiger charge is -2.06. The molecular formula is C10H6BrClN3O3PS. The van der Waals surface area contributed by atoms with Crippen molar-refractivity contribution in [3.63, 3.8) is 0 Å². The van der Waals surface area contributed by atoms with E-state index in [0.29, 0.717) is 10.2 Å². The van der Waals surface area contributed by atoms with Crippen molar-refractivity contribution in [2.75, 3.05) is 5.09 Å². The molecule has 2 heterocycles. The Hall–Kier alpha value is -0.760. The van der Waals surface area contributed by atoms with Crippen LogP contribution in [0.5, 0.6) is 0 Å². The summed E-state index contributed by atoms with van der Waals surface area (Å²) in [6.07, 6.45) is 0. The summed E-state index contributed by atoms with van der Waals surface area (Å²) in [7, 11) is -4.47. The van der Waals surface area contributed by atoms with Crippen molar-refractivity contribution in [1.29, 1.82) is 0 Å². The molecule has 0 aliphatic heterocycles. The van der Waals surface area contributed by atoms with E-state index in [4.69, 9.17) is 21.4 Å². The second kappa shape index (κ2) is 4.91. The molecule has 0 unspecified atom stereocenters. The molecule has 1 aromatic carbocycles. The lowest BCUT2D eigenvalue weighted by atomic mass is 10.2. The van der Waals surface area contributed by atoms with Crippen LogP contribution in [-0.4, -0.2) is 19.8 Å². The molecule has 0 spiro atoms. The Balaban J connectivity index is 2.29. The fraction of sp³-hybridized carbons (Fsp3) is 0. The van der Waals surface area contributed by atoms with Crippen LogP contribution in [0.25, 0.3) is 20.3 Å². The van der Waals surface area contributed by atoms with Crippen LogP contribution in [0.3, 0.4) is 0 Å². The first-order chi connectivity index (χ1) is 9.33. The SMILES string of the molecule is O=P(O)(O)Nc1nc(Cl)c2sc3cc(Br)ccc3c2n1. The number of halogens is 2. The van der Waals surface area contributed by atoms with E-state index in [1.54, 1.807) is 0 Å². The number of thiophene rings is 1. The summed E-state index contributed by atoms with van der Waals surface area (Å²) in [5.74, 6) is -0.196. The number of anilines is 1. The summed E-state index contributed by atoms with van der Waals surface area (Å²) in [6.45, 7) is 0. The summed E-state index contributed by atoms with van der Waals surface area (Å²) < 4.78 is 13.5. The third kappa shape index (κ3) is 2.67. The quantitative estimate of drug-likeness (QED) is 0.452. The maximum atomic E-state index is 11.0. The highest BCUT2D eigenvalue weighted by Crippen LogP contribution is 2.40. The van der Waals surface area contributed by atoms with Gasteiger partial charge in [-0.2, -0.15) is 4.98 Å². The molecule has 0 bridgehead atoms. The van der Waals surface area contributed by atoms with Gasteiger partial charge in [0.2, 0.25) is 5.95 Å². The maximum absolute atomic E-state index is 11.0. The highest BCUT2D eigenvalue weighted by molar-refractivity contribution is 9.10. The topological polar surface area (TPSA) is 95.3 Å². The molecule has 2 aromatic heterocycles. The number of fused-ring (bicyclic) bond motifs is 3. The molecule has 3 aromatic rings. The van der Waals surface area contributed by atoms with E-state index in [1.807, 2.05) is 23.3 Å². The highest BCUT2D eigenvalue weighted by Gasteiger charge is 2.18. The van der Waals surface area contributed by atoms with Gasteiger partial charge in [-0.1, -0.05) is 33.6 Å². The number of aromatic nitrogens is 2. The van der Waals surface area contributed by atoms with E-state index in [-0.39, 0.29) is 11.1 Å². The summed E-state index contributed by atoms with van der Waals surface area (Å²) >= 11 is 10.9. The average Bonchev–Trinajstić information content (AvgIpc) is 2.65. The van der Waals surface area contributed by atoms with E-state index in [1.165, 1.54) is 11.3 Å². The number of rotatable bonds is 2. The van der Waals surface area contributed by atoms with E-state index >= 15 is 0 Å². The van der Waals surface area contributed by atoms with Crippen LogP contribution in [-0.2, 0) is 4.57 Å². The van der Waals surface area contributed by atoms with E-state index in [2.05, 4.69) is 25.9 Å². The largest absolute Gasteiger partial charge is 0.429 e. The van der Waals surface area contributed by atoms with Crippen LogP contribution in [0.4, 0.5) is 5.95 Å². The van der Waals surface area contributed by atoms with Crippen molar-refractivity contribution in [1.82, 2.24) is 9.97 Å². The van der Waals surface area contributed by atoms with E-state index in [9.17, 15) is 4.57 Å². The van der Waals surface area contributed by atoms with E-state index < -0.39 is 7.75 Å². The third-order valence-electron chi connectivity index (χ3n) is 2.48. The van der Waals surface area contributed by atoms with Gasteiger partial charge >= 0.3 is 7.75 Å². The van der Waals surface area contributed by atoms with Gasteiger partial charge in [0.05, 0.1) is 10.2 Å². The predicted octanol–water partition coefficient (Wildman–Crippen LogP) is 3.77. The molecule has 0 fully saturated rings. The summed E-state index contributed by atoms with van der Waals surface area (Å²) in [5, 5.41) is 2.94. The zero-order valence-corrected chi connectivity index (χ0v) is 13.6. The Morgan fingerprint density at radius 3 is 2.80 bits per heavy atom. The second-order valence-corrected chi connectivity index (χ2v) is 7.55. The maximum Gasteiger partial charge on any atom is 0.429 e. The van der Waals surface area contributed by atoms with Gasteiger partial charge < -0.3 is 9.79 Å². The average molecular weight is 395 g/mol.